The minimum atomic E-state index is -2.35. The lowest BCUT2D eigenvalue weighted by Crippen LogP contribution is -2.21. The lowest BCUT2D eigenvalue weighted by Gasteiger charge is -2.23. The zero-order valence-electron chi connectivity index (χ0n) is 22.3. The fourth-order valence-electron chi connectivity index (χ4n) is 6.18. The molecule has 1 aliphatic rings. The minimum Gasteiger partial charge on any atom is -0.507 e. The predicted octanol–water partition coefficient (Wildman–Crippen LogP) is 8.40. The Morgan fingerprint density at radius 1 is 0.615 bits per heavy atom. The van der Waals surface area contributed by atoms with Gasteiger partial charge in [0, 0.05) is 27.8 Å². The number of aromatic hydroxyl groups is 1. The lowest BCUT2D eigenvalue weighted by molar-refractivity contribution is 0.478. The van der Waals surface area contributed by atoms with Gasteiger partial charge < -0.3 is 5.11 Å². The van der Waals surface area contributed by atoms with Gasteiger partial charge in [0.1, 0.15) is 5.75 Å². The first-order chi connectivity index (χ1) is 18.8. The normalized spacial score (nSPS) is 16.4. The van der Waals surface area contributed by atoms with E-state index in [1.807, 2.05) is 12.1 Å². The Morgan fingerprint density at radius 2 is 1.31 bits per heavy atom. The Morgan fingerprint density at radius 3 is 2.10 bits per heavy atom. The van der Waals surface area contributed by atoms with Crippen LogP contribution in [0.2, 0.25) is 0 Å². The van der Waals surface area contributed by atoms with Crippen LogP contribution in [0.25, 0.3) is 43.8 Å². The maximum Gasteiger partial charge on any atom is 0.124 e. The molecular weight excluding hydrogens is 511 g/mol. The summed E-state index contributed by atoms with van der Waals surface area (Å²) >= 11 is 6.82. The van der Waals surface area contributed by atoms with E-state index in [9.17, 15) is 5.11 Å². The van der Waals surface area contributed by atoms with Gasteiger partial charge in [-0.05, 0) is 61.1 Å². The van der Waals surface area contributed by atoms with Crippen molar-refractivity contribution in [1.82, 2.24) is 0 Å². The molecular formula is C36H29OPS. The zero-order valence-corrected chi connectivity index (χ0v) is 24.0. The summed E-state index contributed by atoms with van der Waals surface area (Å²) in [6.45, 7) is 6.71. The third-order valence-corrected chi connectivity index (χ3v) is 13.1. The van der Waals surface area contributed by atoms with E-state index < -0.39 is 6.04 Å². The summed E-state index contributed by atoms with van der Waals surface area (Å²) in [7, 11) is 0. The van der Waals surface area contributed by atoms with Gasteiger partial charge in [0.15, 0.2) is 0 Å². The first-order valence-electron chi connectivity index (χ1n) is 13.4. The second kappa shape index (κ2) is 8.65. The highest BCUT2D eigenvalue weighted by Crippen LogP contribution is 2.57. The summed E-state index contributed by atoms with van der Waals surface area (Å²) < 4.78 is 0. The molecule has 6 aromatic carbocycles. The Kier molecular flexibility index (Phi) is 5.40. The van der Waals surface area contributed by atoms with Crippen LogP contribution in [0.3, 0.4) is 0 Å². The predicted molar refractivity (Wildman–Crippen MR) is 172 cm³/mol. The largest absolute Gasteiger partial charge is 0.507 e. The molecule has 6 aromatic rings. The average Bonchev–Trinajstić information content (AvgIpc) is 3.23. The second-order valence-electron chi connectivity index (χ2n) is 11.5. The van der Waals surface area contributed by atoms with Crippen LogP contribution >= 0.6 is 6.04 Å². The first-order valence-corrected chi connectivity index (χ1v) is 16.2. The van der Waals surface area contributed by atoms with Gasteiger partial charge in [-0.3, -0.25) is 0 Å². The molecule has 1 aliphatic heterocycles. The highest BCUT2D eigenvalue weighted by molar-refractivity contribution is 8.26. The average molecular weight is 541 g/mol. The molecule has 0 radical (unpaired) electrons. The van der Waals surface area contributed by atoms with Gasteiger partial charge in [0.25, 0.3) is 0 Å². The van der Waals surface area contributed by atoms with Crippen molar-refractivity contribution in [3.05, 3.63) is 121 Å². The van der Waals surface area contributed by atoms with Crippen molar-refractivity contribution in [3.63, 3.8) is 0 Å². The van der Waals surface area contributed by atoms with Crippen molar-refractivity contribution in [3.8, 4) is 28.0 Å². The Hall–Kier alpha value is -3.71. The van der Waals surface area contributed by atoms with Crippen molar-refractivity contribution < 1.29 is 5.11 Å². The maximum absolute atomic E-state index is 11.5. The van der Waals surface area contributed by atoms with E-state index >= 15 is 0 Å². The van der Waals surface area contributed by atoms with Crippen LogP contribution in [-0.2, 0) is 17.2 Å². The molecule has 0 saturated heterocycles. The van der Waals surface area contributed by atoms with Crippen molar-refractivity contribution >= 4 is 55.3 Å². The van der Waals surface area contributed by atoms with Crippen LogP contribution in [0, 0.1) is 0 Å². The second-order valence-corrected chi connectivity index (χ2v) is 15.8. The molecule has 1 N–H and O–H groups in total. The van der Waals surface area contributed by atoms with Gasteiger partial charge in [0.05, 0.1) is 0 Å². The summed E-state index contributed by atoms with van der Waals surface area (Å²) in [5.74, 6) is 0.292. The van der Waals surface area contributed by atoms with E-state index in [4.69, 9.17) is 11.8 Å². The summed E-state index contributed by atoms with van der Waals surface area (Å²) in [5.41, 5.74) is 5.59. The molecule has 190 valence electrons. The van der Waals surface area contributed by atoms with Gasteiger partial charge in [-0.25, -0.2) is 0 Å². The van der Waals surface area contributed by atoms with Crippen molar-refractivity contribution in [2.24, 2.45) is 0 Å². The quantitative estimate of drug-likeness (QED) is 0.222. The van der Waals surface area contributed by atoms with Crippen molar-refractivity contribution in [2.45, 2.75) is 26.2 Å². The smallest absolute Gasteiger partial charge is 0.124 e. The molecule has 0 saturated carbocycles. The van der Waals surface area contributed by atoms with Gasteiger partial charge >= 0.3 is 0 Å². The summed E-state index contributed by atoms with van der Waals surface area (Å²) in [6, 6.07) is 38.3. The SMILES string of the molecule is CC(C)(C)c1ccc2c(-c3cc4ccccc4c4c3-c3ccccc3P4(=S)c3ccccc3)c(O)ccc2c1. The third kappa shape index (κ3) is 3.55. The fourth-order valence-corrected chi connectivity index (χ4v) is 10.9. The molecule has 7 rings (SSSR count). The number of benzene rings is 6. The number of phenolic OH excluding ortho intramolecular Hbond substituents is 1. The molecule has 1 unspecified atom stereocenters. The number of hydrogen-bond donors (Lipinski definition) is 1. The molecule has 0 spiro atoms. The first kappa shape index (κ1) is 24.3. The molecule has 0 fully saturated rings. The van der Waals surface area contributed by atoms with Gasteiger partial charge in [-0.2, -0.15) is 0 Å². The van der Waals surface area contributed by atoms with E-state index in [-0.39, 0.29) is 5.41 Å². The topological polar surface area (TPSA) is 20.2 Å². The molecule has 0 aliphatic carbocycles. The van der Waals surface area contributed by atoms with Crippen LogP contribution in [0.5, 0.6) is 5.75 Å². The maximum atomic E-state index is 11.5. The van der Waals surface area contributed by atoms with Crippen molar-refractivity contribution in [1.29, 1.82) is 0 Å². The highest BCUT2D eigenvalue weighted by atomic mass is 32.4. The Balaban J connectivity index is 1.66. The lowest BCUT2D eigenvalue weighted by atomic mass is 9.84. The van der Waals surface area contributed by atoms with Crippen LogP contribution in [-0.4, -0.2) is 5.11 Å². The Bertz CT molecular complexity index is 1980. The Labute approximate surface area is 234 Å². The standard InChI is InChI=1S/C36H29OPS/c1-36(2,3)25-18-19-27-24(21-25)17-20-31(37)33(27)30-22-23-11-7-8-14-28(23)35-34(30)29-15-9-10-16-32(29)38(35,39)26-12-5-4-6-13-26/h4-22,37H,1-3H3. The fraction of sp³-hybridized carbons (Fsp3) is 0.111. The van der Waals surface area contributed by atoms with E-state index in [2.05, 4.69) is 124 Å². The van der Waals surface area contributed by atoms with Gasteiger partial charge in [-0.15, -0.1) is 0 Å². The zero-order chi connectivity index (χ0) is 26.9. The van der Waals surface area contributed by atoms with E-state index in [0.29, 0.717) is 5.75 Å². The number of hydrogen-bond acceptors (Lipinski definition) is 2. The van der Waals surface area contributed by atoms with E-state index in [1.54, 1.807) is 0 Å². The molecule has 1 atom stereocenters. The van der Waals surface area contributed by atoms with Crippen molar-refractivity contribution in [2.75, 3.05) is 0 Å². The number of fused-ring (bicyclic) bond motifs is 6. The molecule has 39 heavy (non-hydrogen) atoms. The monoisotopic (exact) mass is 540 g/mol. The van der Waals surface area contributed by atoms with Crippen LogP contribution in [0.4, 0.5) is 0 Å². The van der Waals surface area contributed by atoms with Crippen LogP contribution in [0.15, 0.2) is 115 Å². The third-order valence-electron chi connectivity index (χ3n) is 8.10. The van der Waals surface area contributed by atoms with Crippen LogP contribution in [0.1, 0.15) is 26.3 Å². The number of rotatable bonds is 2. The molecule has 0 aromatic heterocycles. The molecule has 0 amide bonds. The molecule has 1 nitrogen and oxygen atoms in total. The summed E-state index contributed by atoms with van der Waals surface area (Å²) in [4.78, 5) is 0. The van der Waals surface area contributed by atoms with Crippen LogP contribution < -0.4 is 15.9 Å². The summed E-state index contributed by atoms with van der Waals surface area (Å²) in [6.07, 6.45) is 0. The molecule has 1 heterocycles. The molecule has 0 bridgehead atoms. The molecule has 3 heteroatoms. The highest BCUT2D eigenvalue weighted by Gasteiger charge is 2.39. The number of phenols is 1. The van der Waals surface area contributed by atoms with E-state index in [1.165, 1.54) is 38.0 Å². The van der Waals surface area contributed by atoms with E-state index in [0.717, 1.165) is 27.3 Å². The van der Waals surface area contributed by atoms with Gasteiger partial charge in [-0.1, -0.05) is 136 Å². The minimum absolute atomic E-state index is 0.0392. The van der Waals surface area contributed by atoms with Gasteiger partial charge in [0.2, 0.25) is 0 Å². The summed E-state index contributed by atoms with van der Waals surface area (Å²) in [5, 5.41) is 19.7.